The van der Waals surface area contributed by atoms with Crippen molar-refractivity contribution in [2.24, 2.45) is 0 Å². The van der Waals surface area contributed by atoms with Gasteiger partial charge in [-0.3, -0.25) is 19.2 Å². The minimum absolute atomic E-state index is 0.0485. The van der Waals surface area contributed by atoms with E-state index in [1.807, 2.05) is 85.1 Å². The van der Waals surface area contributed by atoms with E-state index in [1.165, 1.54) is 0 Å². The van der Waals surface area contributed by atoms with E-state index in [0.717, 1.165) is 27.6 Å². The minimum Gasteiger partial charge on any atom is -0.497 e. The van der Waals surface area contributed by atoms with Crippen molar-refractivity contribution in [2.75, 3.05) is 13.7 Å². The van der Waals surface area contributed by atoms with Crippen LogP contribution >= 0.6 is 0 Å². The Balaban J connectivity index is 1.42. The summed E-state index contributed by atoms with van der Waals surface area (Å²) in [6, 6.07) is 22.3. The second-order valence-electron chi connectivity index (χ2n) is 11.0. The number of hydrogen-bond acceptors (Lipinski definition) is 5. The van der Waals surface area contributed by atoms with Crippen molar-refractivity contribution >= 4 is 34.5 Å². The van der Waals surface area contributed by atoms with Crippen LogP contribution in [0.5, 0.6) is 5.75 Å². The molecule has 0 bridgehead atoms. The molecule has 4 aromatic rings. The van der Waals surface area contributed by atoms with Gasteiger partial charge in [0.15, 0.2) is 0 Å². The van der Waals surface area contributed by atoms with Crippen LogP contribution in [-0.2, 0) is 38.4 Å². The third-order valence-electron chi connectivity index (χ3n) is 7.78. The molecule has 1 aromatic heterocycles. The van der Waals surface area contributed by atoms with Crippen LogP contribution in [0.2, 0.25) is 0 Å². The first kappa shape index (κ1) is 30.3. The third-order valence-corrected chi connectivity index (χ3v) is 7.78. The number of fused-ring (bicyclic) bond motifs is 1. The molecule has 1 aliphatic rings. The number of aromatic amines is 1. The van der Waals surface area contributed by atoms with Crippen LogP contribution in [0.1, 0.15) is 29.5 Å². The average Bonchev–Trinajstić information content (AvgIpc) is 3.45. The van der Waals surface area contributed by atoms with E-state index in [1.54, 1.807) is 7.11 Å². The quantitative estimate of drug-likeness (QED) is 0.223. The zero-order valence-electron chi connectivity index (χ0n) is 24.6. The fourth-order valence-electron chi connectivity index (χ4n) is 5.40. The summed E-state index contributed by atoms with van der Waals surface area (Å²) in [5, 5.41) is 12.6. The average molecular weight is 596 g/mol. The van der Waals surface area contributed by atoms with Gasteiger partial charge in [0.2, 0.25) is 23.6 Å². The van der Waals surface area contributed by atoms with Crippen LogP contribution in [0, 0.1) is 0 Å². The van der Waals surface area contributed by atoms with Gasteiger partial charge in [-0.25, -0.2) is 0 Å². The molecule has 0 spiro atoms. The Kier molecular flexibility index (Phi) is 9.91. The minimum atomic E-state index is -0.964. The number of H-pyrrole nitrogens is 1. The van der Waals surface area contributed by atoms with Crippen LogP contribution in [-0.4, -0.2) is 60.4 Å². The van der Waals surface area contributed by atoms with Gasteiger partial charge in [0.05, 0.1) is 13.2 Å². The Hall–Kier alpha value is -5.12. The van der Waals surface area contributed by atoms with Crippen LogP contribution in [0.15, 0.2) is 85.1 Å². The van der Waals surface area contributed by atoms with Crippen LogP contribution < -0.4 is 26.0 Å². The number of aromatic nitrogens is 1. The smallest absolute Gasteiger partial charge is 0.243 e. The molecule has 10 nitrogen and oxygen atoms in total. The summed E-state index contributed by atoms with van der Waals surface area (Å²) in [5.74, 6) is -0.888. The Morgan fingerprint density at radius 1 is 0.682 bits per heavy atom. The molecule has 44 heavy (non-hydrogen) atoms. The lowest BCUT2D eigenvalue weighted by atomic mass is 10.0. The van der Waals surface area contributed by atoms with E-state index < -0.39 is 29.9 Å². The van der Waals surface area contributed by atoms with E-state index in [0.29, 0.717) is 12.2 Å². The Morgan fingerprint density at radius 2 is 1.34 bits per heavy atom. The summed E-state index contributed by atoms with van der Waals surface area (Å²) < 4.78 is 5.26. The molecule has 1 saturated heterocycles. The second kappa shape index (κ2) is 14.4. The first-order valence-corrected chi connectivity index (χ1v) is 14.8. The van der Waals surface area contributed by atoms with Crippen molar-refractivity contribution in [3.8, 4) is 5.75 Å². The van der Waals surface area contributed by atoms with E-state index in [4.69, 9.17) is 4.74 Å². The number of carbonyl (C=O) groups is 4. The zero-order chi connectivity index (χ0) is 30.9. The highest BCUT2D eigenvalue weighted by atomic mass is 16.5. The Morgan fingerprint density at radius 3 is 2.11 bits per heavy atom. The molecule has 1 aliphatic heterocycles. The molecule has 0 saturated carbocycles. The van der Waals surface area contributed by atoms with Gasteiger partial charge in [-0.2, -0.15) is 0 Å². The lowest BCUT2D eigenvalue weighted by molar-refractivity contribution is -0.133. The maximum atomic E-state index is 13.8. The van der Waals surface area contributed by atoms with Gasteiger partial charge in [0.1, 0.15) is 17.8 Å². The topological polar surface area (TPSA) is 141 Å². The summed E-state index contributed by atoms with van der Waals surface area (Å²) in [5.41, 5.74) is 3.57. The highest BCUT2D eigenvalue weighted by Gasteiger charge is 2.30. The number of para-hydroxylation sites is 1. The van der Waals surface area contributed by atoms with Crippen molar-refractivity contribution in [3.63, 3.8) is 0 Å². The zero-order valence-corrected chi connectivity index (χ0v) is 24.6. The lowest BCUT2D eigenvalue weighted by Gasteiger charge is -2.27. The van der Waals surface area contributed by atoms with Crippen molar-refractivity contribution in [2.45, 2.75) is 50.2 Å². The first-order chi connectivity index (χ1) is 21.4. The standard InChI is InChI=1S/C34H37N5O5/c1-44-26-13-11-23(12-14-26)17-25-21-36-31(40)15-16-32(41)38-30(19-24-20-35-28-10-6-5-9-27(24)28)34(43)39-29(33(42)37-25)18-22-7-3-2-4-8-22/h2-14,20,25,29-30,35H,15-19,21H2,1H3,(H,36,40)(H,37,42)(H,38,41)(H,39,43)/t25-,29+,30+/m1/s1. The number of hydrogen-bond donors (Lipinski definition) is 5. The molecule has 0 unspecified atom stereocenters. The molecule has 3 atom stereocenters. The normalized spacial score (nSPS) is 20.2. The number of carbonyl (C=O) groups excluding carboxylic acids is 4. The maximum Gasteiger partial charge on any atom is 0.243 e. The molecular weight excluding hydrogens is 558 g/mol. The lowest BCUT2D eigenvalue weighted by Crippen LogP contribution is -2.57. The number of benzene rings is 3. The van der Waals surface area contributed by atoms with Gasteiger partial charge in [0, 0.05) is 49.3 Å². The molecule has 2 heterocycles. The predicted molar refractivity (Wildman–Crippen MR) is 167 cm³/mol. The molecule has 5 rings (SSSR count). The maximum absolute atomic E-state index is 13.8. The fourth-order valence-corrected chi connectivity index (χ4v) is 5.40. The highest BCUT2D eigenvalue weighted by molar-refractivity contribution is 5.94. The number of amides is 4. The van der Waals surface area contributed by atoms with E-state index in [2.05, 4.69) is 26.3 Å². The molecule has 1 fully saturated rings. The van der Waals surface area contributed by atoms with Crippen molar-refractivity contribution in [1.82, 2.24) is 26.3 Å². The fraction of sp³-hybridized carbons (Fsp3) is 0.294. The molecule has 3 aromatic carbocycles. The van der Waals surface area contributed by atoms with Crippen molar-refractivity contribution < 1.29 is 23.9 Å². The molecular formula is C34H37N5O5. The first-order valence-electron chi connectivity index (χ1n) is 14.8. The summed E-state index contributed by atoms with van der Waals surface area (Å²) in [4.78, 5) is 56.5. The Labute approximate surface area is 255 Å². The van der Waals surface area contributed by atoms with Crippen molar-refractivity contribution in [1.29, 1.82) is 0 Å². The summed E-state index contributed by atoms with van der Waals surface area (Å²) in [7, 11) is 1.59. The molecule has 0 aliphatic carbocycles. The van der Waals surface area contributed by atoms with Crippen LogP contribution in [0.4, 0.5) is 0 Å². The molecule has 228 valence electrons. The predicted octanol–water partition coefficient (Wildman–Crippen LogP) is 2.57. The number of methoxy groups -OCH3 is 1. The largest absolute Gasteiger partial charge is 0.497 e. The third kappa shape index (κ3) is 8.03. The van der Waals surface area contributed by atoms with Crippen molar-refractivity contribution in [3.05, 3.63) is 102 Å². The Bertz CT molecular complexity index is 1600. The molecule has 10 heteroatoms. The highest BCUT2D eigenvalue weighted by Crippen LogP contribution is 2.20. The van der Waals surface area contributed by atoms with E-state index in [-0.39, 0.29) is 44.0 Å². The summed E-state index contributed by atoms with van der Waals surface area (Å²) in [6.07, 6.45) is 2.58. The monoisotopic (exact) mass is 595 g/mol. The number of nitrogens with one attached hydrogen (secondary N) is 5. The van der Waals surface area contributed by atoms with Crippen LogP contribution in [0.3, 0.4) is 0 Å². The number of rotatable bonds is 7. The summed E-state index contributed by atoms with van der Waals surface area (Å²) in [6.45, 7) is 0.160. The SMILES string of the molecule is COc1ccc(C[C@@H]2CNC(=O)CCC(=O)N[C@@H](Cc3c[nH]c4ccccc34)C(=O)N[C@@H](Cc3ccccc3)C(=O)N2)cc1. The molecule has 4 amide bonds. The molecule has 5 N–H and O–H groups in total. The van der Waals surface area contributed by atoms with Gasteiger partial charge < -0.3 is 31.0 Å². The molecule has 0 radical (unpaired) electrons. The van der Waals surface area contributed by atoms with Gasteiger partial charge in [-0.05, 0) is 41.3 Å². The van der Waals surface area contributed by atoms with Gasteiger partial charge in [-0.1, -0.05) is 60.7 Å². The van der Waals surface area contributed by atoms with Gasteiger partial charge in [-0.15, -0.1) is 0 Å². The van der Waals surface area contributed by atoms with Gasteiger partial charge >= 0.3 is 0 Å². The number of ether oxygens (including phenoxy) is 1. The second-order valence-corrected chi connectivity index (χ2v) is 11.0. The van der Waals surface area contributed by atoms with Gasteiger partial charge in [0.25, 0.3) is 0 Å². The van der Waals surface area contributed by atoms with E-state index in [9.17, 15) is 19.2 Å². The summed E-state index contributed by atoms with van der Waals surface area (Å²) >= 11 is 0. The van der Waals surface area contributed by atoms with Crippen LogP contribution in [0.25, 0.3) is 10.9 Å². The van der Waals surface area contributed by atoms with E-state index >= 15 is 0 Å².